The zero-order valence-electron chi connectivity index (χ0n) is 12.8. The van der Waals surface area contributed by atoms with Crippen LogP contribution in [0.15, 0.2) is 42.6 Å². The Morgan fingerprint density at radius 2 is 1.90 bits per heavy atom. The highest BCUT2D eigenvalue weighted by Crippen LogP contribution is 2.38. The number of hydrogen-bond donors (Lipinski definition) is 0. The van der Waals surface area contributed by atoms with Gasteiger partial charge in [0.25, 0.3) is 0 Å². The van der Waals surface area contributed by atoms with Gasteiger partial charge < -0.3 is 9.38 Å². The standard InChI is InChI=1S/C18H22N3/c1-21(2)11-10-20-17(13-21)16-8-4-3-6-14(16)12-15-7-5-9-19-18(15)20/h3-9,17H,10-13H2,1-2H3/q+1. The van der Waals surface area contributed by atoms with E-state index in [1.165, 1.54) is 29.1 Å². The van der Waals surface area contributed by atoms with Crippen molar-refractivity contribution in [3.05, 3.63) is 59.3 Å². The van der Waals surface area contributed by atoms with Crippen LogP contribution < -0.4 is 4.90 Å². The topological polar surface area (TPSA) is 16.1 Å². The zero-order valence-corrected chi connectivity index (χ0v) is 12.8. The van der Waals surface area contributed by atoms with Crippen LogP contribution in [-0.4, -0.2) is 43.2 Å². The van der Waals surface area contributed by atoms with Crippen LogP contribution in [0.4, 0.5) is 5.82 Å². The van der Waals surface area contributed by atoms with Crippen molar-refractivity contribution in [1.82, 2.24) is 4.98 Å². The molecule has 1 fully saturated rings. The van der Waals surface area contributed by atoms with Gasteiger partial charge >= 0.3 is 0 Å². The van der Waals surface area contributed by atoms with Gasteiger partial charge in [0, 0.05) is 12.6 Å². The van der Waals surface area contributed by atoms with E-state index in [0.717, 1.165) is 24.0 Å². The highest BCUT2D eigenvalue weighted by Gasteiger charge is 2.38. The summed E-state index contributed by atoms with van der Waals surface area (Å²) >= 11 is 0. The first-order chi connectivity index (χ1) is 10.1. The minimum absolute atomic E-state index is 0.445. The molecule has 4 rings (SSSR count). The average molecular weight is 280 g/mol. The molecule has 1 unspecified atom stereocenters. The lowest BCUT2D eigenvalue weighted by Gasteiger charge is -2.45. The molecule has 0 saturated carbocycles. The van der Waals surface area contributed by atoms with Crippen LogP contribution in [0.1, 0.15) is 22.7 Å². The molecule has 1 atom stereocenters. The molecule has 3 nitrogen and oxygen atoms in total. The van der Waals surface area contributed by atoms with E-state index in [9.17, 15) is 0 Å². The van der Waals surface area contributed by atoms with Crippen LogP contribution in [0.25, 0.3) is 0 Å². The van der Waals surface area contributed by atoms with Crippen LogP contribution in [0.3, 0.4) is 0 Å². The molecule has 2 aromatic rings. The van der Waals surface area contributed by atoms with Gasteiger partial charge in [0.1, 0.15) is 18.4 Å². The fraction of sp³-hybridized carbons (Fsp3) is 0.389. The number of quaternary nitrogens is 1. The second kappa shape index (κ2) is 4.57. The average Bonchev–Trinajstić information content (AvgIpc) is 2.60. The van der Waals surface area contributed by atoms with Gasteiger partial charge in [-0.1, -0.05) is 30.3 Å². The predicted octanol–water partition coefficient (Wildman–Crippen LogP) is 2.62. The molecule has 1 aromatic heterocycles. The number of piperazine rings is 1. The van der Waals surface area contributed by atoms with Crippen molar-refractivity contribution >= 4 is 5.82 Å². The van der Waals surface area contributed by atoms with Crippen molar-refractivity contribution in [1.29, 1.82) is 0 Å². The number of hydrogen-bond acceptors (Lipinski definition) is 2. The molecular weight excluding hydrogens is 258 g/mol. The molecule has 3 heterocycles. The lowest BCUT2D eigenvalue weighted by Crippen LogP contribution is -2.56. The molecule has 2 aliphatic heterocycles. The molecule has 1 aromatic carbocycles. The molecule has 0 bridgehead atoms. The molecule has 0 aliphatic carbocycles. The van der Waals surface area contributed by atoms with Crippen molar-refractivity contribution in [3.63, 3.8) is 0 Å². The Morgan fingerprint density at radius 3 is 2.81 bits per heavy atom. The van der Waals surface area contributed by atoms with E-state index in [4.69, 9.17) is 4.98 Å². The predicted molar refractivity (Wildman–Crippen MR) is 85.4 cm³/mol. The third-order valence-corrected chi connectivity index (χ3v) is 4.92. The second-order valence-electron chi connectivity index (χ2n) is 6.91. The molecule has 3 heteroatoms. The fourth-order valence-corrected chi connectivity index (χ4v) is 3.76. The van der Waals surface area contributed by atoms with Gasteiger partial charge in [-0.2, -0.15) is 0 Å². The van der Waals surface area contributed by atoms with E-state index in [0.29, 0.717) is 6.04 Å². The molecule has 108 valence electrons. The summed E-state index contributed by atoms with van der Waals surface area (Å²) in [6, 6.07) is 13.7. The van der Waals surface area contributed by atoms with E-state index < -0.39 is 0 Å². The largest absolute Gasteiger partial charge is 0.338 e. The van der Waals surface area contributed by atoms with Crippen LogP contribution in [-0.2, 0) is 6.42 Å². The minimum Gasteiger partial charge on any atom is -0.338 e. The molecule has 2 aliphatic rings. The number of anilines is 1. The lowest BCUT2D eigenvalue weighted by molar-refractivity contribution is -0.894. The first-order valence-electron chi connectivity index (χ1n) is 7.74. The van der Waals surface area contributed by atoms with Gasteiger partial charge in [0.15, 0.2) is 0 Å². The molecule has 1 saturated heterocycles. The Labute approximate surface area is 126 Å². The number of likely N-dealkylation sites (N-methyl/N-ethyl adjacent to an activating group) is 1. The summed E-state index contributed by atoms with van der Waals surface area (Å²) in [6.07, 6.45) is 2.93. The van der Waals surface area contributed by atoms with Crippen LogP contribution in [0.2, 0.25) is 0 Å². The van der Waals surface area contributed by atoms with Crippen molar-refractivity contribution < 1.29 is 4.48 Å². The quantitative estimate of drug-likeness (QED) is 0.690. The minimum atomic E-state index is 0.445. The molecule has 0 radical (unpaired) electrons. The Hall–Kier alpha value is -1.87. The lowest BCUT2D eigenvalue weighted by atomic mass is 9.95. The number of fused-ring (bicyclic) bond motifs is 5. The maximum Gasteiger partial charge on any atom is 0.132 e. The van der Waals surface area contributed by atoms with E-state index in [1.54, 1.807) is 0 Å². The molecule has 0 N–H and O–H groups in total. The molecule has 0 amide bonds. The zero-order chi connectivity index (χ0) is 14.4. The summed E-state index contributed by atoms with van der Waals surface area (Å²) in [5.74, 6) is 1.19. The summed E-state index contributed by atoms with van der Waals surface area (Å²) in [6.45, 7) is 3.40. The van der Waals surface area contributed by atoms with E-state index in [-0.39, 0.29) is 0 Å². The summed E-state index contributed by atoms with van der Waals surface area (Å²) in [7, 11) is 4.67. The van der Waals surface area contributed by atoms with Crippen molar-refractivity contribution in [2.45, 2.75) is 12.5 Å². The van der Waals surface area contributed by atoms with Crippen molar-refractivity contribution in [2.75, 3.05) is 38.6 Å². The third-order valence-electron chi connectivity index (χ3n) is 4.92. The van der Waals surface area contributed by atoms with Crippen LogP contribution in [0.5, 0.6) is 0 Å². The highest BCUT2D eigenvalue weighted by molar-refractivity contribution is 5.55. The summed E-state index contributed by atoms with van der Waals surface area (Å²) in [5.41, 5.74) is 4.31. The summed E-state index contributed by atoms with van der Waals surface area (Å²) in [5, 5.41) is 0. The highest BCUT2D eigenvalue weighted by atomic mass is 15.4. The van der Waals surface area contributed by atoms with Crippen molar-refractivity contribution in [3.8, 4) is 0 Å². The maximum absolute atomic E-state index is 4.71. The van der Waals surface area contributed by atoms with Gasteiger partial charge in [-0.15, -0.1) is 0 Å². The Kier molecular flexibility index (Phi) is 2.79. The number of pyridine rings is 1. The van der Waals surface area contributed by atoms with Gasteiger partial charge in [-0.05, 0) is 22.8 Å². The number of benzene rings is 1. The monoisotopic (exact) mass is 280 g/mol. The smallest absolute Gasteiger partial charge is 0.132 e. The van der Waals surface area contributed by atoms with E-state index in [2.05, 4.69) is 55.4 Å². The van der Waals surface area contributed by atoms with Crippen molar-refractivity contribution in [2.24, 2.45) is 0 Å². The molecular formula is C18H22N3+. The normalized spacial score (nSPS) is 22.8. The first kappa shape index (κ1) is 12.8. The van der Waals surface area contributed by atoms with E-state index >= 15 is 0 Å². The van der Waals surface area contributed by atoms with Crippen LogP contribution in [0, 0.1) is 0 Å². The van der Waals surface area contributed by atoms with Gasteiger partial charge in [0.2, 0.25) is 0 Å². The Balaban J connectivity index is 1.90. The Morgan fingerprint density at radius 1 is 1.10 bits per heavy atom. The van der Waals surface area contributed by atoms with E-state index in [1.807, 2.05) is 6.20 Å². The Bertz CT molecular complexity index is 678. The molecule has 21 heavy (non-hydrogen) atoms. The number of aromatic nitrogens is 1. The van der Waals surface area contributed by atoms with Gasteiger partial charge in [-0.25, -0.2) is 4.98 Å². The van der Waals surface area contributed by atoms with Gasteiger partial charge in [0.05, 0.1) is 27.2 Å². The number of nitrogens with zero attached hydrogens (tertiary/aromatic N) is 3. The molecule has 0 spiro atoms. The SMILES string of the molecule is C[N+]1(C)CCN2c3ncccc3Cc3ccccc3C2C1. The van der Waals surface area contributed by atoms with Crippen LogP contribution >= 0.6 is 0 Å². The summed E-state index contributed by atoms with van der Waals surface area (Å²) in [4.78, 5) is 7.25. The first-order valence-corrected chi connectivity index (χ1v) is 7.74. The fourth-order valence-electron chi connectivity index (χ4n) is 3.76. The number of rotatable bonds is 0. The van der Waals surface area contributed by atoms with Gasteiger partial charge in [-0.3, -0.25) is 0 Å². The third kappa shape index (κ3) is 2.12. The second-order valence-corrected chi connectivity index (χ2v) is 6.91. The summed E-state index contributed by atoms with van der Waals surface area (Å²) < 4.78 is 1.08. The maximum atomic E-state index is 4.71.